The number of aliphatic hydroxyl groups excluding tert-OH is 1. The Hall–Kier alpha value is -2.58. The second kappa shape index (κ2) is 4.96. The zero-order valence-electron chi connectivity index (χ0n) is 9.01. The van der Waals surface area contributed by atoms with Gasteiger partial charge < -0.3 is 10.2 Å². The van der Waals surface area contributed by atoms with Crippen molar-refractivity contribution in [2.24, 2.45) is 0 Å². The molecule has 0 aliphatic heterocycles. The van der Waals surface area contributed by atoms with Gasteiger partial charge in [-0.2, -0.15) is 13.2 Å². The fourth-order valence-electron chi connectivity index (χ4n) is 1.11. The van der Waals surface area contributed by atoms with E-state index in [0.29, 0.717) is 6.07 Å². The zero-order valence-corrected chi connectivity index (χ0v) is 9.01. The minimum atomic E-state index is -5.08. The van der Waals surface area contributed by atoms with E-state index in [1.54, 1.807) is 0 Å². The van der Waals surface area contributed by atoms with Crippen molar-refractivity contribution in [3.63, 3.8) is 0 Å². The van der Waals surface area contributed by atoms with Crippen LogP contribution in [0.2, 0.25) is 0 Å². The van der Waals surface area contributed by atoms with Gasteiger partial charge in [-0.1, -0.05) is 0 Å². The Bertz CT molecular complexity index is 565. The van der Waals surface area contributed by atoms with E-state index in [1.807, 2.05) is 0 Å². The first-order valence-electron chi connectivity index (χ1n) is 4.62. The number of nitro groups is 1. The van der Waals surface area contributed by atoms with E-state index in [4.69, 9.17) is 10.2 Å². The van der Waals surface area contributed by atoms with Gasteiger partial charge in [0.25, 0.3) is 0 Å². The van der Waals surface area contributed by atoms with Crippen LogP contribution in [0.5, 0.6) is 5.75 Å². The van der Waals surface area contributed by atoms with E-state index in [9.17, 15) is 28.1 Å². The Kier molecular flexibility index (Phi) is 3.78. The summed E-state index contributed by atoms with van der Waals surface area (Å²) < 4.78 is 35.9. The Morgan fingerprint density at radius 2 is 1.95 bits per heavy atom. The van der Waals surface area contributed by atoms with Crippen LogP contribution in [-0.2, 0) is 0 Å². The van der Waals surface area contributed by atoms with Crippen LogP contribution in [0.3, 0.4) is 0 Å². The minimum Gasteiger partial charge on any atom is -0.504 e. The molecule has 0 amide bonds. The summed E-state index contributed by atoms with van der Waals surface area (Å²) in [6, 6.07) is 2.30. The van der Waals surface area contributed by atoms with Crippen LogP contribution >= 0.6 is 0 Å². The molecule has 0 unspecified atom stereocenters. The van der Waals surface area contributed by atoms with Gasteiger partial charge in [-0.3, -0.25) is 14.9 Å². The third kappa shape index (κ3) is 3.44. The van der Waals surface area contributed by atoms with Crippen LogP contribution in [0.15, 0.2) is 30.0 Å². The summed E-state index contributed by atoms with van der Waals surface area (Å²) in [6.45, 7) is 0. The molecule has 6 nitrogen and oxygen atoms in total. The van der Waals surface area contributed by atoms with Crippen LogP contribution < -0.4 is 0 Å². The Labute approximate surface area is 103 Å². The van der Waals surface area contributed by atoms with E-state index in [-0.39, 0.29) is 6.08 Å². The van der Waals surface area contributed by atoms with Crippen molar-refractivity contribution in [1.82, 2.24) is 0 Å². The second-order valence-corrected chi connectivity index (χ2v) is 3.35. The van der Waals surface area contributed by atoms with Gasteiger partial charge in [0.2, 0.25) is 5.76 Å². The number of alkyl halides is 3. The number of aliphatic hydroxyl groups is 1. The molecule has 9 heteroatoms. The molecule has 0 saturated heterocycles. The molecule has 0 spiro atoms. The summed E-state index contributed by atoms with van der Waals surface area (Å²) in [5.74, 6) is -4.13. The fraction of sp³-hybridized carbons (Fsp3) is 0.100. The molecule has 0 saturated carbocycles. The van der Waals surface area contributed by atoms with E-state index in [1.165, 1.54) is 0 Å². The highest BCUT2D eigenvalue weighted by molar-refractivity contribution is 6.05. The maximum atomic E-state index is 12.0. The van der Waals surface area contributed by atoms with Crippen molar-refractivity contribution in [2.45, 2.75) is 6.18 Å². The smallest absolute Gasteiger partial charge is 0.448 e. The highest BCUT2D eigenvalue weighted by Crippen LogP contribution is 2.28. The maximum Gasteiger partial charge on any atom is 0.448 e. The fourth-order valence-corrected chi connectivity index (χ4v) is 1.11. The molecule has 0 aliphatic carbocycles. The quantitative estimate of drug-likeness (QED) is 0.290. The summed E-state index contributed by atoms with van der Waals surface area (Å²) in [5.41, 5.74) is -1.30. The van der Waals surface area contributed by atoms with E-state index < -0.39 is 39.6 Å². The number of nitro benzene ring substituents is 1. The molecule has 1 aromatic rings. The summed E-state index contributed by atoms with van der Waals surface area (Å²) in [7, 11) is 0. The molecule has 0 heterocycles. The van der Waals surface area contributed by atoms with Crippen molar-refractivity contribution in [3.8, 4) is 5.75 Å². The molecule has 19 heavy (non-hydrogen) atoms. The van der Waals surface area contributed by atoms with Gasteiger partial charge in [0.15, 0.2) is 11.5 Å². The molecule has 1 rings (SSSR count). The number of phenols is 1. The van der Waals surface area contributed by atoms with Crippen molar-refractivity contribution >= 4 is 11.5 Å². The van der Waals surface area contributed by atoms with Gasteiger partial charge in [-0.25, -0.2) is 0 Å². The number of benzene rings is 1. The standard InChI is InChI=1S/C10H6F3NO5/c11-10(12,13)9(17)4-8(16)5-1-2-7(15)6(3-5)14(18)19/h1-4,15,17H/b9-4-. The third-order valence-corrected chi connectivity index (χ3v) is 2.01. The number of carbonyl (C=O) groups excluding carboxylic acids is 1. The lowest BCUT2D eigenvalue weighted by Gasteiger charge is -2.04. The average Bonchev–Trinajstić information content (AvgIpc) is 2.27. The molecule has 102 valence electrons. The normalized spacial score (nSPS) is 12.3. The monoisotopic (exact) mass is 277 g/mol. The molecule has 0 radical (unpaired) electrons. The van der Waals surface area contributed by atoms with Crippen LogP contribution in [0.25, 0.3) is 0 Å². The van der Waals surface area contributed by atoms with Crippen molar-refractivity contribution < 1.29 is 33.1 Å². The lowest BCUT2D eigenvalue weighted by Crippen LogP contribution is -2.13. The largest absolute Gasteiger partial charge is 0.504 e. The van der Waals surface area contributed by atoms with Gasteiger partial charge in [0.1, 0.15) is 0 Å². The van der Waals surface area contributed by atoms with Crippen molar-refractivity contribution in [1.29, 1.82) is 0 Å². The summed E-state index contributed by atoms with van der Waals surface area (Å²) in [4.78, 5) is 20.8. The Morgan fingerprint density at radius 3 is 2.42 bits per heavy atom. The molecule has 0 fully saturated rings. The summed E-state index contributed by atoms with van der Waals surface area (Å²) >= 11 is 0. The predicted octanol–water partition coefficient (Wildman–Crippen LogP) is 2.49. The molecule has 0 bridgehead atoms. The Morgan fingerprint density at radius 1 is 1.37 bits per heavy atom. The van der Waals surface area contributed by atoms with Crippen molar-refractivity contribution in [2.75, 3.05) is 0 Å². The number of hydrogen-bond donors (Lipinski definition) is 2. The molecular formula is C10H6F3NO5. The highest BCUT2D eigenvalue weighted by Gasteiger charge is 2.34. The number of hydrogen-bond acceptors (Lipinski definition) is 5. The number of aromatic hydroxyl groups is 1. The Balaban J connectivity index is 3.15. The first-order chi connectivity index (χ1) is 8.62. The number of rotatable bonds is 3. The maximum absolute atomic E-state index is 12.0. The summed E-state index contributed by atoms with van der Waals surface area (Å²) in [5, 5.41) is 28.2. The van der Waals surface area contributed by atoms with Crippen LogP contribution in [-0.4, -0.2) is 27.1 Å². The van der Waals surface area contributed by atoms with Gasteiger partial charge in [0.05, 0.1) is 4.92 Å². The minimum absolute atomic E-state index is 0.101. The lowest BCUT2D eigenvalue weighted by atomic mass is 10.1. The molecule has 0 atom stereocenters. The zero-order chi connectivity index (χ0) is 14.8. The van der Waals surface area contributed by atoms with Gasteiger partial charge in [-0.05, 0) is 12.1 Å². The third-order valence-electron chi connectivity index (χ3n) is 2.01. The lowest BCUT2D eigenvalue weighted by molar-refractivity contribution is -0.385. The predicted molar refractivity (Wildman–Crippen MR) is 55.9 cm³/mol. The SMILES string of the molecule is O=C(/C=C(\O)C(F)(F)F)c1ccc(O)c([N+](=O)[O-])c1. The first kappa shape index (κ1) is 14.5. The molecule has 0 aliphatic rings. The van der Waals surface area contributed by atoms with E-state index >= 15 is 0 Å². The molecular weight excluding hydrogens is 271 g/mol. The van der Waals surface area contributed by atoms with Gasteiger partial charge in [0, 0.05) is 17.7 Å². The number of phenolic OH excluding ortho intramolecular Hbond substituents is 1. The average molecular weight is 277 g/mol. The number of carbonyl (C=O) groups is 1. The van der Waals surface area contributed by atoms with Crippen LogP contribution in [0, 0.1) is 10.1 Å². The topological polar surface area (TPSA) is 101 Å². The number of allylic oxidation sites excluding steroid dienone is 2. The second-order valence-electron chi connectivity index (χ2n) is 3.35. The molecule has 0 aromatic heterocycles. The first-order valence-corrected chi connectivity index (χ1v) is 4.62. The number of nitrogens with zero attached hydrogens (tertiary/aromatic N) is 1. The number of halogens is 3. The van der Waals surface area contributed by atoms with E-state index in [2.05, 4.69) is 0 Å². The summed E-state index contributed by atoms with van der Waals surface area (Å²) in [6.07, 6.45) is -5.19. The molecule has 1 aromatic carbocycles. The highest BCUT2D eigenvalue weighted by atomic mass is 19.4. The van der Waals surface area contributed by atoms with Crippen molar-refractivity contribution in [3.05, 3.63) is 45.7 Å². The molecule has 2 N–H and O–H groups in total. The van der Waals surface area contributed by atoms with E-state index in [0.717, 1.165) is 12.1 Å². The van der Waals surface area contributed by atoms with Crippen LogP contribution in [0.4, 0.5) is 18.9 Å². The van der Waals surface area contributed by atoms with Gasteiger partial charge in [-0.15, -0.1) is 0 Å². The van der Waals surface area contributed by atoms with Gasteiger partial charge >= 0.3 is 11.9 Å². The van der Waals surface area contributed by atoms with Crippen LogP contribution in [0.1, 0.15) is 10.4 Å². The number of ketones is 1.